The summed E-state index contributed by atoms with van der Waals surface area (Å²) in [6.07, 6.45) is 5.29. The van der Waals surface area contributed by atoms with Gasteiger partial charge in [0.1, 0.15) is 0 Å². The molecule has 1 amide bonds. The number of carbonyl (C=O) groups excluding carboxylic acids is 1. The normalized spacial score (nSPS) is 9.35. The molecular weight excluding hydrogens is 210 g/mol. The van der Waals surface area contributed by atoms with E-state index < -0.39 is 0 Å². The number of para-hydroxylation sites is 1. The molecule has 0 heterocycles. The van der Waals surface area contributed by atoms with Gasteiger partial charge in [-0.2, -0.15) is 0 Å². The van der Waals surface area contributed by atoms with Gasteiger partial charge in [-0.25, -0.2) is 0 Å². The number of anilines is 1. The number of terminal acetylenes is 1. The molecule has 2 aromatic carbocycles. The Balaban J connectivity index is 2.18. The predicted molar refractivity (Wildman–Crippen MR) is 68.8 cm³/mol. The summed E-state index contributed by atoms with van der Waals surface area (Å²) in [6.45, 7) is 0. The summed E-state index contributed by atoms with van der Waals surface area (Å²) in [6, 6.07) is 16.3. The fraction of sp³-hybridized carbons (Fsp3) is 0. The molecule has 0 spiro atoms. The molecule has 0 saturated heterocycles. The average molecular weight is 221 g/mol. The van der Waals surface area contributed by atoms with Gasteiger partial charge in [0, 0.05) is 16.8 Å². The number of hydrogen-bond acceptors (Lipinski definition) is 1. The summed E-state index contributed by atoms with van der Waals surface area (Å²) in [4.78, 5) is 11.9. The van der Waals surface area contributed by atoms with Crippen LogP contribution in [0.3, 0.4) is 0 Å². The minimum atomic E-state index is -0.159. The first-order valence-electron chi connectivity index (χ1n) is 5.22. The molecule has 0 unspecified atom stereocenters. The maximum atomic E-state index is 11.9. The lowest BCUT2D eigenvalue weighted by molar-refractivity contribution is 0.102. The second-order valence-electron chi connectivity index (χ2n) is 3.55. The van der Waals surface area contributed by atoms with Crippen LogP contribution < -0.4 is 5.32 Å². The van der Waals surface area contributed by atoms with Gasteiger partial charge < -0.3 is 5.32 Å². The lowest BCUT2D eigenvalue weighted by Gasteiger charge is -2.05. The third kappa shape index (κ3) is 2.73. The minimum absolute atomic E-state index is 0.159. The molecule has 2 rings (SSSR count). The van der Waals surface area contributed by atoms with Gasteiger partial charge in [0.2, 0.25) is 0 Å². The molecule has 0 aliphatic heterocycles. The first kappa shape index (κ1) is 11.0. The molecule has 2 heteroatoms. The summed E-state index contributed by atoms with van der Waals surface area (Å²) in [5, 5.41) is 2.80. The first-order valence-corrected chi connectivity index (χ1v) is 5.22. The van der Waals surface area contributed by atoms with Gasteiger partial charge >= 0.3 is 0 Å². The SMILES string of the molecule is C#Cc1cccc(C(=O)Nc2ccccc2)c1. The van der Waals surface area contributed by atoms with Crippen LogP contribution in [-0.2, 0) is 0 Å². The van der Waals surface area contributed by atoms with Crippen LogP contribution >= 0.6 is 0 Å². The van der Waals surface area contributed by atoms with E-state index in [9.17, 15) is 4.79 Å². The van der Waals surface area contributed by atoms with Gasteiger partial charge in [-0.3, -0.25) is 4.79 Å². The Labute approximate surface area is 100 Å². The monoisotopic (exact) mass is 221 g/mol. The van der Waals surface area contributed by atoms with Crippen LogP contribution in [-0.4, -0.2) is 5.91 Å². The van der Waals surface area contributed by atoms with E-state index in [0.717, 1.165) is 5.69 Å². The lowest BCUT2D eigenvalue weighted by atomic mass is 10.1. The van der Waals surface area contributed by atoms with E-state index in [2.05, 4.69) is 11.2 Å². The van der Waals surface area contributed by atoms with E-state index in [0.29, 0.717) is 11.1 Å². The van der Waals surface area contributed by atoms with Crippen LogP contribution in [0.5, 0.6) is 0 Å². The van der Waals surface area contributed by atoms with E-state index in [4.69, 9.17) is 6.42 Å². The van der Waals surface area contributed by atoms with Crippen molar-refractivity contribution in [3.63, 3.8) is 0 Å². The van der Waals surface area contributed by atoms with Gasteiger partial charge in [0.25, 0.3) is 5.91 Å². The third-order valence-electron chi connectivity index (χ3n) is 2.32. The molecule has 1 N–H and O–H groups in total. The highest BCUT2D eigenvalue weighted by Gasteiger charge is 2.05. The molecule has 0 bridgehead atoms. The number of hydrogen-bond donors (Lipinski definition) is 1. The quantitative estimate of drug-likeness (QED) is 0.776. The Morgan fingerprint density at radius 3 is 2.53 bits per heavy atom. The Kier molecular flexibility index (Phi) is 3.23. The molecule has 0 saturated carbocycles. The van der Waals surface area contributed by atoms with Crippen molar-refractivity contribution in [2.75, 3.05) is 5.32 Å². The Bertz CT molecular complexity index is 567. The Morgan fingerprint density at radius 1 is 1.06 bits per heavy atom. The second-order valence-corrected chi connectivity index (χ2v) is 3.55. The van der Waals surface area contributed by atoms with Gasteiger partial charge in [-0.15, -0.1) is 6.42 Å². The van der Waals surface area contributed by atoms with Gasteiger partial charge in [-0.05, 0) is 30.3 Å². The standard InChI is InChI=1S/C15H11NO/c1-2-12-7-6-8-13(11-12)15(17)16-14-9-4-3-5-10-14/h1,3-11H,(H,16,17). The van der Waals surface area contributed by atoms with E-state index in [1.165, 1.54) is 0 Å². The lowest BCUT2D eigenvalue weighted by Crippen LogP contribution is -2.11. The fourth-order valence-electron chi connectivity index (χ4n) is 1.47. The topological polar surface area (TPSA) is 29.1 Å². The van der Waals surface area contributed by atoms with E-state index >= 15 is 0 Å². The van der Waals surface area contributed by atoms with Gasteiger partial charge in [0.05, 0.1) is 0 Å². The third-order valence-corrected chi connectivity index (χ3v) is 2.32. The van der Waals surface area contributed by atoms with Crippen molar-refractivity contribution in [1.29, 1.82) is 0 Å². The van der Waals surface area contributed by atoms with E-state index in [1.807, 2.05) is 30.3 Å². The number of rotatable bonds is 2. The molecule has 17 heavy (non-hydrogen) atoms. The van der Waals surface area contributed by atoms with Crippen molar-refractivity contribution in [3.8, 4) is 12.3 Å². The first-order chi connectivity index (χ1) is 8.29. The number of amides is 1. The molecule has 0 radical (unpaired) electrons. The molecule has 0 aromatic heterocycles. The average Bonchev–Trinajstić information content (AvgIpc) is 2.40. The highest BCUT2D eigenvalue weighted by Crippen LogP contribution is 2.09. The van der Waals surface area contributed by atoms with Crippen LogP contribution in [0.15, 0.2) is 54.6 Å². The molecule has 0 aliphatic carbocycles. The van der Waals surface area contributed by atoms with Crippen LogP contribution in [0.4, 0.5) is 5.69 Å². The van der Waals surface area contributed by atoms with Crippen molar-refractivity contribution >= 4 is 11.6 Å². The summed E-state index contributed by atoms with van der Waals surface area (Å²) in [7, 11) is 0. The van der Waals surface area contributed by atoms with Crippen molar-refractivity contribution in [2.24, 2.45) is 0 Å². The van der Waals surface area contributed by atoms with Crippen molar-refractivity contribution in [3.05, 3.63) is 65.7 Å². The molecular formula is C15H11NO. The summed E-state index contributed by atoms with van der Waals surface area (Å²) < 4.78 is 0. The van der Waals surface area contributed by atoms with Crippen molar-refractivity contribution in [2.45, 2.75) is 0 Å². The highest BCUT2D eigenvalue weighted by atomic mass is 16.1. The van der Waals surface area contributed by atoms with Crippen LogP contribution in [0.25, 0.3) is 0 Å². The van der Waals surface area contributed by atoms with E-state index in [-0.39, 0.29) is 5.91 Å². The van der Waals surface area contributed by atoms with Crippen LogP contribution in [0, 0.1) is 12.3 Å². The molecule has 0 atom stereocenters. The van der Waals surface area contributed by atoms with Crippen LogP contribution in [0.2, 0.25) is 0 Å². The number of benzene rings is 2. The van der Waals surface area contributed by atoms with E-state index in [1.54, 1.807) is 24.3 Å². The zero-order chi connectivity index (χ0) is 12.1. The minimum Gasteiger partial charge on any atom is -0.322 e. The zero-order valence-electron chi connectivity index (χ0n) is 9.18. The predicted octanol–water partition coefficient (Wildman–Crippen LogP) is 2.92. The summed E-state index contributed by atoms with van der Waals surface area (Å²) in [5.74, 6) is 2.35. The second kappa shape index (κ2) is 5.00. The maximum Gasteiger partial charge on any atom is 0.255 e. The van der Waals surface area contributed by atoms with Gasteiger partial charge in [0.15, 0.2) is 0 Å². The van der Waals surface area contributed by atoms with Crippen LogP contribution in [0.1, 0.15) is 15.9 Å². The largest absolute Gasteiger partial charge is 0.322 e. The molecule has 82 valence electrons. The summed E-state index contributed by atoms with van der Waals surface area (Å²) in [5.41, 5.74) is 2.03. The molecule has 2 nitrogen and oxygen atoms in total. The molecule has 0 fully saturated rings. The highest BCUT2D eigenvalue weighted by molar-refractivity contribution is 6.04. The summed E-state index contributed by atoms with van der Waals surface area (Å²) >= 11 is 0. The Hall–Kier alpha value is -2.53. The van der Waals surface area contributed by atoms with Crippen molar-refractivity contribution < 1.29 is 4.79 Å². The fourth-order valence-corrected chi connectivity index (χ4v) is 1.47. The maximum absolute atomic E-state index is 11.9. The smallest absolute Gasteiger partial charge is 0.255 e. The molecule has 2 aromatic rings. The zero-order valence-corrected chi connectivity index (χ0v) is 9.18. The number of nitrogens with one attached hydrogen (secondary N) is 1. The Morgan fingerprint density at radius 2 is 1.82 bits per heavy atom. The molecule has 0 aliphatic rings. The number of carbonyl (C=O) groups is 1. The van der Waals surface area contributed by atoms with Gasteiger partial charge in [-0.1, -0.05) is 30.2 Å². The van der Waals surface area contributed by atoms with Crippen molar-refractivity contribution in [1.82, 2.24) is 0 Å².